The summed E-state index contributed by atoms with van der Waals surface area (Å²) in [7, 11) is -3.52. The summed E-state index contributed by atoms with van der Waals surface area (Å²) in [6.45, 7) is 10.4. The summed E-state index contributed by atoms with van der Waals surface area (Å²) in [5, 5.41) is -0.210. The quantitative estimate of drug-likeness (QED) is 0.119. The number of H-pyrrole nitrogens is 1. The van der Waals surface area contributed by atoms with Crippen molar-refractivity contribution in [2.75, 3.05) is 19.9 Å². The number of aromatic amines is 1. The van der Waals surface area contributed by atoms with Gasteiger partial charge in [0.05, 0.1) is 25.9 Å². The van der Waals surface area contributed by atoms with Crippen LogP contribution in [-0.2, 0) is 19.5 Å². The Hall–Kier alpha value is -3.41. The van der Waals surface area contributed by atoms with Gasteiger partial charge in [-0.2, -0.15) is 0 Å². The van der Waals surface area contributed by atoms with Crippen LogP contribution in [0, 0.1) is 5.92 Å². The van der Waals surface area contributed by atoms with Crippen molar-refractivity contribution in [3.8, 4) is 5.75 Å². The van der Waals surface area contributed by atoms with E-state index in [0.29, 0.717) is 5.75 Å². The van der Waals surface area contributed by atoms with Gasteiger partial charge >= 0.3 is 5.69 Å². The molecule has 0 spiro atoms. The van der Waals surface area contributed by atoms with E-state index in [1.165, 1.54) is 16.8 Å². The minimum atomic E-state index is -2.62. The molecule has 1 aliphatic rings. The van der Waals surface area contributed by atoms with Crippen LogP contribution >= 0.6 is 8.38 Å². The number of aromatic nitrogens is 2. The van der Waals surface area contributed by atoms with Gasteiger partial charge in [0.25, 0.3) is 5.56 Å². The number of methoxy groups -OCH3 is 1. The first kappa shape index (κ1) is 35.9. The lowest BCUT2D eigenvalue weighted by atomic mass is 9.80. The number of nitrogens with one attached hydrogen (secondary N) is 1. The number of ether oxygens (including phenoxy) is 3. The molecule has 10 nitrogen and oxygen atoms in total. The van der Waals surface area contributed by atoms with Crippen molar-refractivity contribution in [3.63, 3.8) is 0 Å². The average molecular weight is 692 g/mol. The van der Waals surface area contributed by atoms with Crippen LogP contribution in [0.25, 0.3) is 0 Å². The number of nitrogens with zero attached hydrogens (tertiary/aromatic N) is 1. The van der Waals surface area contributed by atoms with Crippen LogP contribution in [0.3, 0.4) is 0 Å². The summed E-state index contributed by atoms with van der Waals surface area (Å²) >= 11 is 0. The Morgan fingerprint density at radius 2 is 1.48 bits per heavy atom. The molecule has 1 fully saturated rings. The highest BCUT2D eigenvalue weighted by Crippen LogP contribution is 2.47. The lowest BCUT2D eigenvalue weighted by molar-refractivity contribution is -0.177. The Balaban J connectivity index is 1.63. The minimum absolute atomic E-state index is 0.0182. The third-order valence-corrected chi connectivity index (χ3v) is 14.8. The first-order chi connectivity index (χ1) is 22.8. The highest BCUT2D eigenvalue weighted by molar-refractivity contribution is 7.43. The maximum atomic E-state index is 13.1. The van der Waals surface area contributed by atoms with E-state index in [2.05, 4.69) is 38.8 Å². The molecular formula is C36H44N2O8PSi-. The number of benzene rings is 3. The third-order valence-electron chi connectivity index (χ3n) is 9.55. The molecule has 5 atom stereocenters. The Morgan fingerprint density at radius 3 is 1.98 bits per heavy atom. The zero-order valence-corrected chi connectivity index (χ0v) is 30.1. The summed E-state index contributed by atoms with van der Waals surface area (Å²) in [5.74, 6) is 0.0659. The fourth-order valence-corrected chi connectivity index (χ4v) is 8.12. The Kier molecular flexibility index (Phi) is 10.9. The van der Waals surface area contributed by atoms with Gasteiger partial charge < -0.3 is 28.4 Å². The fraction of sp³-hybridized carbons (Fsp3) is 0.389. The summed E-state index contributed by atoms with van der Waals surface area (Å²) in [6.07, 6.45) is -1.29. The van der Waals surface area contributed by atoms with Gasteiger partial charge in [-0.15, -0.1) is 0 Å². The number of hydrogen-bond donors (Lipinski definition) is 2. The van der Waals surface area contributed by atoms with Gasteiger partial charge in [0.2, 0.25) is 0 Å². The van der Waals surface area contributed by atoms with Gasteiger partial charge in [-0.25, -0.2) is 4.79 Å². The van der Waals surface area contributed by atoms with Crippen molar-refractivity contribution < 1.29 is 28.4 Å². The number of hydrogen-bond acceptors (Lipinski definition) is 8. The predicted octanol–water partition coefficient (Wildman–Crippen LogP) is 5.12. The highest BCUT2D eigenvalue weighted by Gasteiger charge is 2.52. The molecule has 0 radical (unpaired) electrons. The first-order valence-corrected chi connectivity index (χ1v) is 20.3. The summed E-state index contributed by atoms with van der Waals surface area (Å²) in [4.78, 5) is 50.3. The molecule has 48 heavy (non-hydrogen) atoms. The normalized spacial score (nSPS) is 20.8. The molecule has 2 N–H and O–H groups in total. The van der Waals surface area contributed by atoms with Crippen molar-refractivity contribution in [3.05, 3.63) is 135 Å². The SMILES string of the molecule is COc1ccc(C(OC[C@H]2O[C@@H](n3ccc(=O)[nH]c3=O)[C@H](O[Si](C)(C)C(C)(C)C)[C@@H]2CP([O-])O)(c2ccccc2)c2ccccc2)cc1. The Bertz CT molecular complexity index is 1720. The molecule has 0 bridgehead atoms. The first-order valence-electron chi connectivity index (χ1n) is 15.9. The van der Waals surface area contributed by atoms with Crippen LogP contribution in [0.4, 0.5) is 0 Å². The van der Waals surface area contributed by atoms with E-state index < -0.39 is 57.9 Å². The maximum absolute atomic E-state index is 13.1. The molecule has 0 amide bonds. The van der Waals surface area contributed by atoms with Gasteiger partial charge in [-0.1, -0.05) is 102 Å². The Morgan fingerprint density at radius 1 is 0.917 bits per heavy atom. The van der Waals surface area contributed by atoms with E-state index in [-0.39, 0.29) is 17.8 Å². The van der Waals surface area contributed by atoms with E-state index in [4.69, 9.17) is 18.6 Å². The van der Waals surface area contributed by atoms with Gasteiger partial charge in [-0.05, 0) is 53.1 Å². The van der Waals surface area contributed by atoms with Crippen LogP contribution in [0.5, 0.6) is 5.75 Å². The van der Waals surface area contributed by atoms with Crippen LogP contribution in [0.2, 0.25) is 18.1 Å². The second-order valence-electron chi connectivity index (χ2n) is 13.6. The van der Waals surface area contributed by atoms with Crippen molar-refractivity contribution in [2.24, 2.45) is 5.92 Å². The van der Waals surface area contributed by atoms with Gasteiger partial charge in [0.1, 0.15) is 11.4 Å². The minimum Gasteiger partial charge on any atom is -0.808 e. The largest absolute Gasteiger partial charge is 0.808 e. The van der Waals surface area contributed by atoms with Gasteiger partial charge in [0.15, 0.2) is 14.5 Å². The van der Waals surface area contributed by atoms with Crippen LogP contribution in [0.15, 0.2) is 107 Å². The molecule has 4 aromatic rings. The maximum Gasteiger partial charge on any atom is 0.330 e. The van der Waals surface area contributed by atoms with Crippen molar-refractivity contribution in [1.29, 1.82) is 0 Å². The van der Waals surface area contributed by atoms with E-state index >= 15 is 0 Å². The second kappa shape index (κ2) is 14.6. The molecule has 0 aliphatic carbocycles. The van der Waals surface area contributed by atoms with Gasteiger partial charge in [-0.3, -0.25) is 14.3 Å². The lowest BCUT2D eigenvalue weighted by Gasteiger charge is -2.41. The van der Waals surface area contributed by atoms with E-state index in [9.17, 15) is 19.4 Å². The summed E-state index contributed by atoms with van der Waals surface area (Å²) in [5.41, 5.74) is 0.253. The summed E-state index contributed by atoms with van der Waals surface area (Å²) < 4.78 is 27.4. The predicted molar refractivity (Wildman–Crippen MR) is 187 cm³/mol. The molecule has 12 heteroatoms. The monoisotopic (exact) mass is 691 g/mol. The average Bonchev–Trinajstić information content (AvgIpc) is 3.37. The molecule has 5 rings (SSSR count). The summed E-state index contributed by atoms with van der Waals surface area (Å²) in [6, 6.07) is 28.6. The molecule has 1 unspecified atom stereocenters. The van der Waals surface area contributed by atoms with Gasteiger partial charge in [0, 0.05) is 18.2 Å². The molecule has 1 aromatic heterocycles. The molecule has 256 valence electrons. The third kappa shape index (κ3) is 7.43. The molecule has 3 aromatic carbocycles. The van der Waals surface area contributed by atoms with Crippen molar-refractivity contribution >= 4 is 16.7 Å². The fourth-order valence-electron chi connectivity index (χ4n) is 5.99. The van der Waals surface area contributed by atoms with E-state index in [1.807, 2.05) is 84.9 Å². The Labute approximate surface area is 283 Å². The van der Waals surface area contributed by atoms with E-state index in [1.54, 1.807) is 7.11 Å². The number of rotatable bonds is 12. The molecule has 0 saturated carbocycles. The van der Waals surface area contributed by atoms with Crippen LogP contribution in [-0.4, -0.2) is 54.8 Å². The highest BCUT2D eigenvalue weighted by atomic mass is 31.2. The standard InChI is InChI=1S/C36H44N2O8PSi/c1-35(2,3)48(5,6)46-32-29(24-47(41)42)30(45-33(32)38-22-21-31(39)37-34(38)40)23-44-36(25-13-9-7-10-14-25,26-15-11-8-12-16-26)27-17-19-28(43-4)20-18-27/h7-22,29-30,32-33,41H,23-24H2,1-6H3,(H,37,39,40)/q-1/t29-,30-,32-,33-/m1/s1. The van der Waals surface area contributed by atoms with Crippen LogP contribution in [0.1, 0.15) is 43.7 Å². The van der Waals surface area contributed by atoms with Crippen LogP contribution < -0.4 is 20.9 Å². The topological polar surface area (TPSA) is 135 Å². The lowest BCUT2D eigenvalue weighted by Crippen LogP contribution is -2.49. The molecule has 1 aliphatic heterocycles. The van der Waals surface area contributed by atoms with E-state index in [0.717, 1.165) is 16.7 Å². The molecular weight excluding hydrogens is 647 g/mol. The second-order valence-corrected chi connectivity index (χ2v) is 19.4. The molecule has 2 heterocycles. The zero-order valence-electron chi connectivity index (χ0n) is 28.2. The zero-order chi connectivity index (χ0) is 34.7. The molecule has 1 saturated heterocycles. The van der Waals surface area contributed by atoms with Crippen molar-refractivity contribution in [2.45, 2.75) is 62.9 Å². The van der Waals surface area contributed by atoms with Crippen molar-refractivity contribution in [1.82, 2.24) is 9.55 Å². The smallest absolute Gasteiger partial charge is 0.330 e.